The van der Waals surface area contributed by atoms with Gasteiger partial charge in [-0.2, -0.15) is 0 Å². The third-order valence-electron chi connectivity index (χ3n) is 5.26. The van der Waals surface area contributed by atoms with Crippen molar-refractivity contribution < 1.29 is 14.3 Å². The van der Waals surface area contributed by atoms with Crippen molar-refractivity contribution in [2.75, 3.05) is 31.2 Å². The van der Waals surface area contributed by atoms with E-state index in [1.54, 1.807) is 47.3 Å². The normalized spacial score (nSPS) is 14.0. The number of nitrogens with zero attached hydrogens (tertiary/aromatic N) is 4. The van der Waals surface area contributed by atoms with Crippen LogP contribution in [0.25, 0.3) is 27.8 Å². The molecule has 0 amide bonds. The fourth-order valence-corrected chi connectivity index (χ4v) is 3.69. The van der Waals surface area contributed by atoms with Crippen molar-refractivity contribution in [3.8, 4) is 22.7 Å². The molecule has 9 heteroatoms. The van der Waals surface area contributed by atoms with Gasteiger partial charge >= 0.3 is 0 Å². The van der Waals surface area contributed by atoms with Crippen molar-refractivity contribution in [1.82, 2.24) is 20.0 Å². The Bertz CT molecular complexity index is 1290. The van der Waals surface area contributed by atoms with Crippen molar-refractivity contribution in [3.05, 3.63) is 65.0 Å². The highest BCUT2D eigenvalue weighted by atomic mass is 16.5. The topological polar surface area (TPSA) is 102 Å². The summed E-state index contributed by atoms with van der Waals surface area (Å²) in [5.41, 5.74) is 2.86. The van der Waals surface area contributed by atoms with Gasteiger partial charge in [-0.05, 0) is 30.3 Å². The van der Waals surface area contributed by atoms with Crippen LogP contribution in [0, 0.1) is 0 Å². The number of carbonyl (C=O) groups is 1. The van der Waals surface area contributed by atoms with Gasteiger partial charge in [-0.3, -0.25) is 9.59 Å². The van der Waals surface area contributed by atoms with Gasteiger partial charge in [0.15, 0.2) is 5.43 Å². The molecule has 2 aromatic carbocycles. The summed E-state index contributed by atoms with van der Waals surface area (Å²) >= 11 is 0. The van der Waals surface area contributed by atoms with Gasteiger partial charge in [-0.25, -0.2) is 4.68 Å². The van der Waals surface area contributed by atoms with Crippen LogP contribution in [0.15, 0.2) is 59.5 Å². The number of aromatic amines is 1. The van der Waals surface area contributed by atoms with E-state index in [0.717, 1.165) is 35.7 Å². The van der Waals surface area contributed by atoms with Crippen LogP contribution in [-0.2, 0) is 9.53 Å². The molecule has 1 aliphatic heterocycles. The van der Waals surface area contributed by atoms with E-state index in [2.05, 4.69) is 20.2 Å². The van der Waals surface area contributed by atoms with E-state index in [0.29, 0.717) is 36.5 Å². The first kappa shape index (κ1) is 19.0. The molecular formula is C22H19N5O4. The number of nitrogens with one attached hydrogen (secondary N) is 1. The van der Waals surface area contributed by atoms with Gasteiger partial charge in [0.1, 0.15) is 17.3 Å². The zero-order chi connectivity index (χ0) is 21.2. The Morgan fingerprint density at radius 3 is 2.68 bits per heavy atom. The molecule has 156 valence electrons. The van der Waals surface area contributed by atoms with Gasteiger partial charge in [-0.1, -0.05) is 17.3 Å². The molecule has 2 aromatic heterocycles. The molecule has 3 heterocycles. The van der Waals surface area contributed by atoms with Gasteiger partial charge in [0.2, 0.25) is 0 Å². The maximum atomic E-state index is 12.8. The highest BCUT2D eigenvalue weighted by Crippen LogP contribution is 2.27. The third-order valence-corrected chi connectivity index (χ3v) is 5.26. The number of anilines is 1. The highest BCUT2D eigenvalue weighted by molar-refractivity contribution is 5.93. The Kier molecular flexibility index (Phi) is 4.93. The van der Waals surface area contributed by atoms with E-state index in [-0.39, 0.29) is 5.43 Å². The van der Waals surface area contributed by atoms with Crippen LogP contribution in [0.3, 0.4) is 0 Å². The van der Waals surface area contributed by atoms with Crippen LogP contribution in [0.4, 0.5) is 5.82 Å². The lowest BCUT2D eigenvalue weighted by Gasteiger charge is -2.28. The molecule has 1 fully saturated rings. The lowest BCUT2D eigenvalue weighted by Crippen LogP contribution is -2.37. The standard InChI is InChI=1S/C22H19N5O4/c28-14-31-16-6-4-15(5-7-16)27-13-19(24-25-27)17-2-1-3-18-20(29)12-21(23-22(17)18)26-8-10-30-11-9-26/h1-7,12-14H,8-11H2,(H,23,29). The SMILES string of the molecule is O=COc1ccc(-n2cc(-c3cccc4c(=O)cc(N5CCOCC5)[nH]c34)nn2)cc1. The van der Waals surface area contributed by atoms with E-state index in [1.165, 1.54) is 0 Å². The van der Waals surface area contributed by atoms with Crippen molar-refractivity contribution in [2.24, 2.45) is 0 Å². The summed E-state index contributed by atoms with van der Waals surface area (Å²) in [6.07, 6.45) is 1.80. The number of H-pyrrole nitrogens is 1. The van der Waals surface area contributed by atoms with Crippen LogP contribution >= 0.6 is 0 Å². The van der Waals surface area contributed by atoms with Crippen LogP contribution in [0.1, 0.15) is 0 Å². The first-order valence-electron chi connectivity index (χ1n) is 9.85. The minimum atomic E-state index is -0.0461. The van der Waals surface area contributed by atoms with Crippen LogP contribution in [-0.4, -0.2) is 52.8 Å². The van der Waals surface area contributed by atoms with Gasteiger partial charge in [0.25, 0.3) is 6.47 Å². The minimum Gasteiger partial charge on any atom is -0.429 e. The molecule has 0 saturated carbocycles. The van der Waals surface area contributed by atoms with Gasteiger partial charge in [-0.15, -0.1) is 5.10 Å². The largest absolute Gasteiger partial charge is 0.429 e. The zero-order valence-electron chi connectivity index (χ0n) is 16.5. The van der Waals surface area contributed by atoms with Crippen molar-refractivity contribution in [1.29, 1.82) is 0 Å². The molecule has 31 heavy (non-hydrogen) atoms. The number of fused-ring (bicyclic) bond motifs is 1. The molecule has 0 radical (unpaired) electrons. The number of benzene rings is 2. The molecule has 0 spiro atoms. The summed E-state index contributed by atoms with van der Waals surface area (Å²) < 4.78 is 11.9. The van der Waals surface area contributed by atoms with E-state index < -0.39 is 0 Å². The van der Waals surface area contributed by atoms with Gasteiger partial charge in [0, 0.05) is 30.1 Å². The van der Waals surface area contributed by atoms with E-state index in [9.17, 15) is 9.59 Å². The predicted octanol–water partition coefficient (Wildman–Crippen LogP) is 2.15. The summed E-state index contributed by atoms with van der Waals surface area (Å²) in [4.78, 5) is 28.8. The zero-order valence-corrected chi connectivity index (χ0v) is 16.5. The Labute approximate surface area is 176 Å². The molecule has 5 rings (SSSR count). The molecular weight excluding hydrogens is 398 g/mol. The molecule has 4 aromatic rings. The molecule has 0 bridgehead atoms. The van der Waals surface area contributed by atoms with Crippen LogP contribution < -0.4 is 15.1 Å². The minimum absolute atomic E-state index is 0.0461. The number of morpholine rings is 1. The Morgan fingerprint density at radius 1 is 1.10 bits per heavy atom. The summed E-state index contributed by atoms with van der Waals surface area (Å²) in [6, 6.07) is 14.1. The summed E-state index contributed by atoms with van der Waals surface area (Å²) in [5, 5.41) is 9.13. The monoisotopic (exact) mass is 417 g/mol. The first-order chi connectivity index (χ1) is 15.2. The Hall–Kier alpha value is -3.98. The number of carbonyl (C=O) groups excluding carboxylic acids is 1. The first-order valence-corrected chi connectivity index (χ1v) is 9.85. The molecule has 1 N–H and O–H groups in total. The third kappa shape index (κ3) is 3.66. The second-order valence-corrected chi connectivity index (χ2v) is 7.10. The predicted molar refractivity (Wildman–Crippen MR) is 115 cm³/mol. The number of ether oxygens (including phenoxy) is 2. The summed E-state index contributed by atoms with van der Waals surface area (Å²) in [5.74, 6) is 1.22. The lowest BCUT2D eigenvalue weighted by molar-refractivity contribution is -0.120. The average Bonchev–Trinajstić information content (AvgIpc) is 3.30. The number of rotatable bonds is 5. The molecule has 1 aliphatic rings. The summed E-state index contributed by atoms with van der Waals surface area (Å²) in [6.45, 7) is 3.10. The second-order valence-electron chi connectivity index (χ2n) is 7.10. The lowest BCUT2D eigenvalue weighted by atomic mass is 10.1. The molecule has 0 aliphatic carbocycles. The average molecular weight is 417 g/mol. The van der Waals surface area contributed by atoms with Gasteiger partial charge in [0.05, 0.1) is 30.6 Å². The number of hydrogen-bond acceptors (Lipinski definition) is 7. The van der Waals surface area contributed by atoms with Crippen LogP contribution in [0.2, 0.25) is 0 Å². The van der Waals surface area contributed by atoms with Crippen LogP contribution in [0.5, 0.6) is 5.75 Å². The number of aromatic nitrogens is 4. The molecule has 9 nitrogen and oxygen atoms in total. The smallest absolute Gasteiger partial charge is 0.298 e. The fourth-order valence-electron chi connectivity index (χ4n) is 3.69. The molecule has 1 saturated heterocycles. The molecule has 0 atom stereocenters. The van der Waals surface area contributed by atoms with Gasteiger partial charge < -0.3 is 19.4 Å². The fraction of sp³-hybridized carbons (Fsp3) is 0.182. The second kappa shape index (κ2) is 8.04. The summed E-state index contributed by atoms with van der Waals surface area (Å²) in [7, 11) is 0. The maximum absolute atomic E-state index is 12.8. The van der Waals surface area contributed by atoms with Crippen molar-refractivity contribution in [3.63, 3.8) is 0 Å². The quantitative estimate of drug-likeness (QED) is 0.497. The Morgan fingerprint density at radius 2 is 1.90 bits per heavy atom. The van der Waals surface area contributed by atoms with E-state index in [4.69, 9.17) is 9.47 Å². The Balaban J connectivity index is 1.55. The maximum Gasteiger partial charge on any atom is 0.298 e. The number of hydrogen-bond donors (Lipinski definition) is 1. The van der Waals surface area contributed by atoms with E-state index >= 15 is 0 Å². The highest BCUT2D eigenvalue weighted by Gasteiger charge is 2.16. The van der Waals surface area contributed by atoms with Crippen molar-refractivity contribution in [2.45, 2.75) is 0 Å². The number of para-hydroxylation sites is 1. The molecule has 0 unspecified atom stereocenters. The van der Waals surface area contributed by atoms with Crippen molar-refractivity contribution >= 4 is 23.2 Å². The number of pyridine rings is 1. The van der Waals surface area contributed by atoms with E-state index in [1.807, 2.05) is 12.1 Å².